The average molecular weight is 357 g/mol. The Hall–Kier alpha value is -2.98. The second-order valence-corrected chi connectivity index (χ2v) is 6.99. The molecule has 4 aromatic rings. The number of nitrogens with zero attached hydrogens (tertiary/aromatic N) is 2. The number of hydrogen-bond donors (Lipinski definition) is 1. The third kappa shape index (κ3) is 3.62. The molecular formula is C23H23N3O. The summed E-state index contributed by atoms with van der Waals surface area (Å²) in [6, 6.07) is 23.0. The summed E-state index contributed by atoms with van der Waals surface area (Å²) in [4.78, 5) is 0. The second-order valence-electron chi connectivity index (χ2n) is 6.99. The van der Waals surface area contributed by atoms with Gasteiger partial charge >= 0.3 is 0 Å². The summed E-state index contributed by atoms with van der Waals surface area (Å²) < 4.78 is 5.93. The molecule has 0 fully saturated rings. The fourth-order valence-corrected chi connectivity index (χ4v) is 3.47. The lowest BCUT2D eigenvalue weighted by atomic mass is 9.99. The van der Waals surface area contributed by atoms with Crippen LogP contribution in [0, 0.1) is 6.92 Å². The Morgan fingerprint density at radius 2 is 1.63 bits per heavy atom. The minimum absolute atomic E-state index is 0.0509. The maximum absolute atomic E-state index is 5.93. The highest BCUT2D eigenvalue weighted by molar-refractivity contribution is 5.86. The van der Waals surface area contributed by atoms with Crippen molar-refractivity contribution in [3.8, 4) is 11.5 Å². The Bertz CT molecular complexity index is 1060. The molecule has 0 amide bonds. The molecule has 0 aliphatic heterocycles. The third-order valence-electron chi connectivity index (χ3n) is 4.87. The van der Waals surface area contributed by atoms with Crippen LogP contribution >= 0.6 is 0 Å². The summed E-state index contributed by atoms with van der Waals surface area (Å²) in [6.07, 6.45) is 0. The van der Waals surface area contributed by atoms with Gasteiger partial charge in [0.25, 0.3) is 0 Å². The zero-order chi connectivity index (χ0) is 18.8. The van der Waals surface area contributed by atoms with E-state index in [4.69, 9.17) is 4.42 Å². The molecule has 1 aromatic heterocycles. The van der Waals surface area contributed by atoms with Crippen LogP contribution in [-0.4, -0.2) is 10.2 Å². The summed E-state index contributed by atoms with van der Waals surface area (Å²) in [5, 5.41) is 14.6. The predicted molar refractivity (Wildman–Crippen MR) is 108 cm³/mol. The Morgan fingerprint density at radius 1 is 0.852 bits per heavy atom. The Morgan fingerprint density at radius 3 is 2.48 bits per heavy atom. The van der Waals surface area contributed by atoms with Crippen LogP contribution in [0.2, 0.25) is 0 Å². The number of nitrogens with one attached hydrogen (secondary N) is 1. The first-order valence-electron chi connectivity index (χ1n) is 9.26. The molecule has 3 aromatic carbocycles. The molecule has 0 aliphatic carbocycles. The minimum Gasteiger partial charge on any atom is -0.419 e. The van der Waals surface area contributed by atoms with Gasteiger partial charge in [0, 0.05) is 11.6 Å². The van der Waals surface area contributed by atoms with Crippen LogP contribution in [0.15, 0.2) is 71.1 Å². The Labute approximate surface area is 159 Å². The van der Waals surface area contributed by atoms with Crippen LogP contribution in [0.3, 0.4) is 0 Å². The van der Waals surface area contributed by atoms with Crippen molar-refractivity contribution in [2.24, 2.45) is 0 Å². The maximum Gasteiger partial charge on any atom is 0.247 e. The highest BCUT2D eigenvalue weighted by atomic mass is 16.4. The first kappa shape index (κ1) is 17.4. The number of rotatable bonds is 5. The van der Waals surface area contributed by atoms with Crippen molar-refractivity contribution >= 4 is 10.8 Å². The topological polar surface area (TPSA) is 51.0 Å². The first-order valence-corrected chi connectivity index (χ1v) is 9.26. The van der Waals surface area contributed by atoms with Crippen molar-refractivity contribution in [1.82, 2.24) is 15.5 Å². The van der Waals surface area contributed by atoms with Gasteiger partial charge in [0.1, 0.15) is 0 Å². The minimum atomic E-state index is -0.0509. The van der Waals surface area contributed by atoms with E-state index in [0.717, 1.165) is 5.56 Å². The van der Waals surface area contributed by atoms with E-state index in [2.05, 4.69) is 84.8 Å². The average Bonchev–Trinajstić information content (AvgIpc) is 3.18. The molecule has 0 aliphatic rings. The van der Waals surface area contributed by atoms with Crippen LogP contribution in [0.4, 0.5) is 0 Å². The highest BCUT2D eigenvalue weighted by Crippen LogP contribution is 2.27. The van der Waals surface area contributed by atoms with E-state index in [1.165, 1.54) is 21.9 Å². The highest BCUT2D eigenvalue weighted by Gasteiger charge is 2.18. The van der Waals surface area contributed by atoms with Crippen LogP contribution in [0.1, 0.15) is 42.9 Å². The van der Waals surface area contributed by atoms with Crippen molar-refractivity contribution in [1.29, 1.82) is 0 Å². The van der Waals surface area contributed by atoms with Crippen LogP contribution in [0.25, 0.3) is 22.2 Å². The smallest absolute Gasteiger partial charge is 0.247 e. The second kappa shape index (κ2) is 7.33. The van der Waals surface area contributed by atoms with Gasteiger partial charge in [-0.2, -0.15) is 0 Å². The molecule has 0 unspecified atom stereocenters. The normalized spacial score (nSPS) is 13.6. The molecule has 0 saturated heterocycles. The quantitative estimate of drug-likeness (QED) is 0.504. The Kier molecular flexibility index (Phi) is 4.73. The molecule has 0 radical (unpaired) electrons. The van der Waals surface area contributed by atoms with E-state index >= 15 is 0 Å². The molecule has 4 rings (SSSR count). The summed E-state index contributed by atoms with van der Waals surface area (Å²) in [5.74, 6) is 1.15. The number of benzene rings is 3. The molecule has 4 nitrogen and oxygen atoms in total. The fourth-order valence-electron chi connectivity index (χ4n) is 3.47. The predicted octanol–water partition coefficient (Wildman–Crippen LogP) is 5.61. The van der Waals surface area contributed by atoms with Gasteiger partial charge in [0.05, 0.1) is 6.04 Å². The zero-order valence-corrected chi connectivity index (χ0v) is 15.8. The summed E-state index contributed by atoms with van der Waals surface area (Å²) in [6.45, 7) is 6.27. The van der Waals surface area contributed by atoms with Crippen LogP contribution in [0.5, 0.6) is 0 Å². The van der Waals surface area contributed by atoms with Crippen molar-refractivity contribution < 1.29 is 4.42 Å². The number of aromatic nitrogens is 2. The van der Waals surface area contributed by atoms with E-state index in [1.54, 1.807) is 0 Å². The van der Waals surface area contributed by atoms with E-state index in [1.807, 2.05) is 18.2 Å². The van der Waals surface area contributed by atoms with Gasteiger partial charge in [0.15, 0.2) is 0 Å². The Balaban J connectivity index is 1.54. The lowest BCUT2D eigenvalue weighted by Crippen LogP contribution is -2.23. The summed E-state index contributed by atoms with van der Waals surface area (Å²) in [5.41, 5.74) is 3.38. The SMILES string of the molecule is Cc1cccc(-c2nnc([C@H](C)N[C@@H](C)c3cccc4ccccc34)o2)c1. The van der Waals surface area contributed by atoms with Gasteiger partial charge < -0.3 is 4.42 Å². The van der Waals surface area contributed by atoms with Gasteiger partial charge in [0.2, 0.25) is 11.8 Å². The third-order valence-corrected chi connectivity index (χ3v) is 4.87. The molecule has 1 N–H and O–H groups in total. The molecule has 0 bridgehead atoms. The number of fused-ring (bicyclic) bond motifs is 1. The van der Waals surface area contributed by atoms with Gasteiger partial charge in [-0.3, -0.25) is 5.32 Å². The van der Waals surface area contributed by atoms with Crippen LogP contribution < -0.4 is 5.32 Å². The molecule has 27 heavy (non-hydrogen) atoms. The van der Waals surface area contributed by atoms with Crippen molar-refractivity contribution in [2.45, 2.75) is 32.9 Å². The number of aryl methyl sites for hydroxylation is 1. The van der Waals surface area contributed by atoms with Crippen molar-refractivity contribution in [2.75, 3.05) is 0 Å². The first-order chi connectivity index (χ1) is 13.1. The standard InChI is InChI=1S/C23H23N3O/c1-15-8-6-11-19(14-15)23-26-25-22(27-23)17(3)24-16(2)20-13-7-10-18-9-4-5-12-21(18)20/h4-14,16-17,24H,1-3H3/t16-,17-/m0/s1. The summed E-state index contributed by atoms with van der Waals surface area (Å²) in [7, 11) is 0. The van der Waals surface area contributed by atoms with E-state index < -0.39 is 0 Å². The lowest BCUT2D eigenvalue weighted by molar-refractivity contribution is 0.395. The molecule has 0 spiro atoms. The monoisotopic (exact) mass is 357 g/mol. The fraction of sp³-hybridized carbons (Fsp3) is 0.217. The molecule has 0 saturated carbocycles. The summed E-state index contributed by atoms with van der Waals surface area (Å²) >= 11 is 0. The maximum atomic E-state index is 5.93. The lowest BCUT2D eigenvalue weighted by Gasteiger charge is -2.19. The van der Waals surface area contributed by atoms with E-state index in [9.17, 15) is 0 Å². The van der Waals surface area contributed by atoms with Gasteiger partial charge in [-0.15, -0.1) is 10.2 Å². The molecule has 4 heteroatoms. The van der Waals surface area contributed by atoms with Gasteiger partial charge in [-0.05, 0) is 49.2 Å². The van der Waals surface area contributed by atoms with Crippen molar-refractivity contribution in [3.63, 3.8) is 0 Å². The van der Waals surface area contributed by atoms with Gasteiger partial charge in [-0.1, -0.05) is 60.2 Å². The molecular weight excluding hydrogens is 334 g/mol. The van der Waals surface area contributed by atoms with Gasteiger partial charge in [-0.25, -0.2) is 0 Å². The molecule has 1 heterocycles. The van der Waals surface area contributed by atoms with Crippen molar-refractivity contribution in [3.05, 3.63) is 83.7 Å². The zero-order valence-electron chi connectivity index (χ0n) is 15.8. The van der Waals surface area contributed by atoms with E-state index in [-0.39, 0.29) is 12.1 Å². The largest absolute Gasteiger partial charge is 0.419 e. The van der Waals surface area contributed by atoms with E-state index in [0.29, 0.717) is 11.8 Å². The van der Waals surface area contributed by atoms with Crippen LogP contribution in [-0.2, 0) is 0 Å². The number of hydrogen-bond acceptors (Lipinski definition) is 4. The molecule has 2 atom stereocenters. The molecule has 136 valence electrons.